The molecule has 0 aromatic heterocycles. The van der Waals surface area contributed by atoms with E-state index in [-0.39, 0.29) is 16.7 Å². The zero-order chi connectivity index (χ0) is 15.6. The molecule has 1 amide bonds. The van der Waals surface area contributed by atoms with Crippen molar-refractivity contribution in [3.8, 4) is 0 Å². The molecule has 1 aromatic carbocycles. The summed E-state index contributed by atoms with van der Waals surface area (Å²) in [6.07, 6.45) is 2.20. The molecular weight excluding hydrogens is 246 g/mol. The highest BCUT2D eigenvalue weighted by atomic mass is 16.1. The molecule has 112 valence electrons. The van der Waals surface area contributed by atoms with Crippen LogP contribution < -0.4 is 5.73 Å². The lowest BCUT2D eigenvalue weighted by Crippen LogP contribution is -2.17. The number of hydrogen-bond donors (Lipinski definition) is 1. The molecule has 2 nitrogen and oxygen atoms in total. The molecule has 0 spiro atoms. The Kier molecular flexibility index (Phi) is 5.01. The van der Waals surface area contributed by atoms with Crippen molar-refractivity contribution in [2.24, 2.45) is 5.73 Å². The van der Waals surface area contributed by atoms with Gasteiger partial charge in [0.2, 0.25) is 5.91 Å². The van der Waals surface area contributed by atoms with E-state index in [4.69, 9.17) is 5.73 Å². The fraction of sp³-hybridized carbons (Fsp3) is 0.611. The predicted octanol–water partition coefficient (Wildman–Crippen LogP) is 4.09. The molecule has 0 aliphatic rings. The van der Waals surface area contributed by atoms with Crippen molar-refractivity contribution in [3.05, 3.63) is 34.9 Å². The number of hydrogen-bond acceptors (Lipinski definition) is 1. The van der Waals surface area contributed by atoms with Crippen molar-refractivity contribution in [2.75, 3.05) is 0 Å². The number of nitrogens with two attached hydrogens (primary N) is 1. The number of benzene rings is 1. The molecule has 0 aliphatic heterocycles. The molecule has 2 heteroatoms. The van der Waals surface area contributed by atoms with Gasteiger partial charge in [-0.2, -0.15) is 0 Å². The monoisotopic (exact) mass is 275 g/mol. The summed E-state index contributed by atoms with van der Waals surface area (Å²) in [5.74, 6) is -0.215. The molecule has 0 saturated carbocycles. The third-order valence-electron chi connectivity index (χ3n) is 3.61. The molecule has 1 rings (SSSR count). The molecule has 1 aromatic rings. The van der Waals surface area contributed by atoms with Crippen LogP contribution >= 0.6 is 0 Å². The summed E-state index contributed by atoms with van der Waals surface area (Å²) >= 11 is 0. The molecule has 20 heavy (non-hydrogen) atoms. The van der Waals surface area contributed by atoms with E-state index < -0.39 is 0 Å². The van der Waals surface area contributed by atoms with Crippen LogP contribution in [0.5, 0.6) is 0 Å². The normalized spacial score (nSPS) is 12.5. The fourth-order valence-corrected chi connectivity index (χ4v) is 2.17. The number of aryl methyl sites for hydroxylation is 1. The first-order chi connectivity index (χ1) is 9.00. The minimum atomic E-state index is -0.215. The SMILES string of the molecule is CC(C)(C)c1cc(CCCC(N)=O)cc(C(C)(C)C)c1. The van der Waals surface area contributed by atoms with Crippen molar-refractivity contribution in [1.29, 1.82) is 0 Å². The van der Waals surface area contributed by atoms with Crippen molar-refractivity contribution < 1.29 is 4.79 Å². The van der Waals surface area contributed by atoms with Gasteiger partial charge in [0.05, 0.1) is 0 Å². The van der Waals surface area contributed by atoms with E-state index in [1.54, 1.807) is 0 Å². The maximum Gasteiger partial charge on any atom is 0.217 e. The predicted molar refractivity (Wildman–Crippen MR) is 86.0 cm³/mol. The quantitative estimate of drug-likeness (QED) is 0.883. The summed E-state index contributed by atoms with van der Waals surface area (Å²) in [7, 11) is 0. The molecule has 0 radical (unpaired) electrons. The van der Waals surface area contributed by atoms with Gasteiger partial charge in [-0.15, -0.1) is 0 Å². The van der Waals surface area contributed by atoms with Gasteiger partial charge in [0.25, 0.3) is 0 Å². The molecule has 0 saturated heterocycles. The largest absolute Gasteiger partial charge is 0.370 e. The molecule has 2 N–H and O–H groups in total. The number of amides is 1. The second-order valence-corrected chi connectivity index (χ2v) is 7.74. The van der Waals surface area contributed by atoms with Gasteiger partial charge < -0.3 is 5.73 Å². The topological polar surface area (TPSA) is 43.1 Å². The second kappa shape index (κ2) is 5.99. The highest BCUT2D eigenvalue weighted by molar-refractivity contribution is 5.73. The van der Waals surface area contributed by atoms with Crippen LogP contribution in [0.3, 0.4) is 0 Å². The molecule has 0 atom stereocenters. The zero-order valence-corrected chi connectivity index (χ0v) is 13.8. The van der Waals surface area contributed by atoms with E-state index in [9.17, 15) is 4.79 Å². The summed E-state index contributed by atoms with van der Waals surface area (Å²) in [5.41, 5.74) is 9.52. The number of carbonyl (C=O) groups excluding carboxylic acids is 1. The van der Waals surface area contributed by atoms with E-state index in [2.05, 4.69) is 59.7 Å². The lowest BCUT2D eigenvalue weighted by molar-refractivity contribution is -0.118. The number of primary amides is 1. The standard InChI is InChI=1S/C18H29NO/c1-17(2,3)14-10-13(8-7-9-16(19)20)11-15(12-14)18(4,5)6/h10-12H,7-9H2,1-6H3,(H2,19,20). The van der Waals surface area contributed by atoms with Crippen LogP contribution in [0.2, 0.25) is 0 Å². The minimum Gasteiger partial charge on any atom is -0.370 e. The van der Waals surface area contributed by atoms with E-state index in [1.165, 1.54) is 16.7 Å². The van der Waals surface area contributed by atoms with Gasteiger partial charge in [-0.05, 0) is 40.4 Å². The number of carbonyl (C=O) groups is 1. The van der Waals surface area contributed by atoms with Gasteiger partial charge in [-0.3, -0.25) is 4.79 Å². The zero-order valence-electron chi connectivity index (χ0n) is 13.8. The molecular formula is C18H29NO. The smallest absolute Gasteiger partial charge is 0.217 e. The highest BCUT2D eigenvalue weighted by Crippen LogP contribution is 2.30. The maximum absolute atomic E-state index is 10.9. The summed E-state index contributed by atoms with van der Waals surface area (Å²) in [5, 5.41) is 0. The van der Waals surface area contributed by atoms with Gasteiger partial charge in [0.15, 0.2) is 0 Å². The molecule has 0 heterocycles. The highest BCUT2D eigenvalue weighted by Gasteiger charge is 2.20. The van der Waals surface area contributed by atoms with Crippen LogP contribution in [-0.4, -0.2) is 5.91 Å². The lowest BCUT2D eigenvalue weighted by Gasteiger charge is -2.26. The fourth-order valence-electron chi connectivity index (χ4n) is 2.17. The Labute approximate surface area is 123 Å². The van der Waals surface area contributed by atoms with E-state index in [1.807, 2.05) is 0 Å². The van der Waals surface area contributed by atoms with Crippen LogP contribution in [0.4, 0.5) is 0 Å². The molecule has 0 fully saturated rings. The summed E-state index contributed by atoms with van der Waals surface area (Å²) < 4.78 is 0. The molecule has 0 unspecified atom stereocenters. The summed E-state index contributed by atoms with van der Waals surface area (Å²) in [6, 6.07) is 6.87. The Morgan fingerprint density at radius 2 is 1.40 bits per heavy atom. The Balaban J connectivity index is 3.08. The van der Waals surface area contributed by atoms with Crippen molar-refractivity contribution in [1.82, 2.24) is 0 Å². The lowest BCUT2D eigenvalue weighted by atomic mass is 9.79. The average Bonchev–Trinajstić information content (AvgIpc) is 2.25. The summed E-state index contributed by atoms with van der Waals surface area (Å²) in [4.78, 5) is 10.9. The van der Waals surface area contributed by atoms with Crippen LogP contribution in [0.25, 0.3) is 0 Å². The van der Waals surface area contributed by atoms with Crippen molar-refractivity contribution >= 4 is 5.91 Å². The average molecular weight is 275 g/mol. The third kappa shape index (κ3) is 4.99. The van der Waals surface area contributed by atoms with Gasteiger partial charge in [-0.25, -0.2) is 0 Å². The van der Waals surface area contributed by atoms with Gasteiger partial charge in [-0.1, -0.05) is 59.7 Å². The van der Waals surface area contributed by atoms with Crippen LogP contribution in [0.15, 0.2) is 18.2 Å². The van der Waals surface area contributed by atoms with Gasteiger partial charge >= 0.3 is 0 Å². The Morgan fingerprint density at radius 1 is 0.950 bits per heavy atom. The van der Waals surface area contributed by atoms with E-state index in [0.29, 0.717) is 6.42 Å². The first kappa shape index (κ1) is 16.7. The first-order valence-electron chi connectivity index (χ1n) is 7.43. The van der Waals surface area contributed by atoms with Gasteiger partial charge in [0.1, 0.15) is 0 Å². The van der Waals surface area contributed by atoms with Crippen LogP contribution in [-0.2, 0) is 22.0 Å². The van der Waals surface area contributed by atoms with Crippen LogP contribution in [0, 0.1) is 0 Å². The molecule has 0 bridgehead atoms. The van der Waals surface area contributed by atoms with Gasteiger partial charge in [0, 0.05) is 6.42 Å². The van der Waals surface area contributed by atoms with Crippen LogP contribution in [0.1, 0.15) is 71.1 Å². The Hall–Kier alpha value is -1.31. The molecule has 0 aliphatic carbocycles. The second-order valence-electron chi connectivity index (χ2n) is 7.74. The first-order valence-corrected chi connectivity index (χ1v) is 7.43. The van der Waals surface area contributed by atoms with Crippen molar-refractivity contribution in [3.63, 3.8) is 0 Å². The summed E-state index contributed by atoms with van der Waals surface area (Å²) in [6.45, 7) is 13.4. The van der Waals surface area contributed by atoms with E-state index >= 15 is 0 Å². The Bertz CT molecular complexity index is 443. The van der Waals surface area contributed by atoms with Crippen molar-refractivity contribution in [2.45, 2.75) is 71.6 Å². The van der Waals surface area contributed by atoms with E-state index in [0.717, 1.165) is 12.8 Å². The third-order valence-corrected chi connectivity index (χ3v) is 3.61. The number of rotatable bonds is 4. The minimum absolute atomic E-state index is 0.139. The maximum atomic E-state index is 10.9. The Morgan fingerprint density at radius 3 is 1.75 bits per heavy atom.